The van der Waals surface area contributed by atoms with E-state index in [2.05, 4.69) is 36.1 Å². The highest BCUT2D eigenvalue weighted by Gasteiger charge is 2.34. The van der Waals surface area contributed by atoms with Gasteiger partial charge in [-0.25, -0.2) is 0 Å². The first-order valence-corrected chi connectivity index (χ1v) is 7.81. The predicted molar refractivity (Wildman–Crippen MR) is 86.0 cm³/mol. The van der Waals surface area contributed by atoms with E-state index in [1.807, 2.05) is 36.4 Å². The topological polar surface area (TPSA) is 23.5 Å². The third-order valence-corrected chi connectivity index (χ3v) is 4.54. The summed E-state index contributed by atoms with van der Waals surface area (Å²) in [6, 6.07) is 21.0. The van der Waals surface area contributed by atoms with Crippen LogP contribution in [0.5, 0.6) is 0 Å². The van der Waals surface area contributed by atoms with Crippen LogP contribution in [-0.4, -0.2) is 22.6 Å². The largest absolute Gasteiger partial charge is 0.386 e. The molecule has 1 fully saturated rings. The van der Waals surface area contributed by atoms with E-state index < -0.39 is 6.10 Å². The molecule has 1 aliphatic heterocycles. The van der Waals surface area contributed by atoms with Crippen molar-refractivity contribution in [1.29, 1.82) is 0 Å². The van der Waals surface area contributed by atoms with Crippen molar-refractivity contribution in [3.8, 4) is 0 Å². The summed E-state index contributed by atoms with van der Waals surface area (Å²) < 4.78 is 0. The highest BCUT2D eigenvalue weighted by Crippen LogP contribution is 2.38. The number of nitrogens with zero attached hydrogens (tertiary/aromatic N) is 1. The summed E-state index contributed by atoms with van der Waals surface area (Å²) in [5, 5.41) is 11.0. The fourth-order valence-electron chi connectivity index (χ4n) is 3.41. The zero-order valence-corrected chi connectivity index (χ0v) is 12.5. The monoisotopic (exact) mass is 281 g/mol. The predicted octanol–water partition coefficient (Wildman–Crippen LogP) is 3.95. The molecule has 110 valence electrons. The van der Waals surface area contributed by atoms with Crippen LogP contribution in [0.3, 0.4) is 0 Å². The van der Waals surface area contributed by atoms with E-state index in [1.165, 1.54) is 18.4 Å². The molecule has 1 heterocycles. The number of aliphatic hydroxyl groups is 1. The molecule has 21 heavy (non-hydrogen) atoms. The number of benzene rings is 2. The van der Waals surface area contributed by atoms with Crippen molar-refractivity contribution in [2.45, 2.75) is 38.0 Å². The molecule has 3 atom stereocenters. The van der Waals surface area contributed by atoms with Gasteiger partial charge in [-0.3, -0.25) is 4.90 Å². The molecule has 0 amide bonds. The first-order valence-electron chi connectivity index (χ1n) is 7.81. The van der Waals surface area contributed by atoms with Crippen LogP contribution in [0.25, 0.3) is 0 Å². The van der Waals surface area contributed by atoms with E-state index in [-0.39, 0.29) is 6.04 Å². The van der Waals surface area contributed by atoms with Gasteiger partial charge in [0.05, 0.1) is 12.1 Å². The Labute approximate surface area is 127 Å². The number of hydrogen-bond acceptors (Lipinski definition) is 2. The lowest BCUT2D eigenvalue weighted by Crippen LogP contribution is -2.35. The number of rotatable bonds is 4. The van der Waals surface area contributed by atoms with Gasteiger partial charge in [-0.2, -0.15) is 0 Å². The average molecular weight is 281 g/mol. The molecule has 0 aliphatic carbocycles. The van der Waals surface area contributed by atoms with Crippen LogP contribution < -0.4 is 0 Å². The van der Waals surface area contributed by atoms with Crippen molar-refractivity contribution in [3.63, 3.8) is 0 Å². The van der Waals surface area contributed by atoms with Crippen LogP contribution in [-0.2, 0) is 0 Å². The molecule has 1 N–H and O–H groups in total. The summed E-state index contributed by atoms with van der Waals surface area (Å²) in [7, 11) is 0. The van der Waals surface area contributed by atoms with Crippen LogP contribution in [0.2, 0.25) is 0 Å². The molecule has 3 unspecified atom stereocenters. The smallest absolute Gasteiger partial charge is 0.0986 e. The molecule has 2 nitrogen and oxygen atoms in total. The molecule has 2 aromatic rings. The quantitative estimate of drug-likeness (QED) is 0.917. The summed E-state index contributed by atoms with van der Waals surface area (Å²) in [6.45, 7) is 3.32. The van der Waals surface area contributed by atoms with Crippen LogP contribution >= 0.6 is 0 Å². The van der Waals surface area contributed by atoms with E-state index in [9.17, 15) is 5.11 Å². The van der Waals surface area contributed by atoms with E-state index in [1.54, 1.807) is 0 Å². The fraction of sp³-hybridized carbons (Fsp3) is 0.368. The van der Waals surface area contributed by atoms with Gasteiger partial charge in [-0.1, -0.05) is 60.7 Å². The maximum absolute atomic E-state index is 11.0. The first kappa shape index (κ1) is 14.3. The molecule has 3 rings (SSSR count). The van der Waals surface area contributed by atoms with Gasteiger partial charge in [0.2, 0.25) is 0 Å². The molecule has 0 bridgehead atoms. The Bertz CT molecular complexity index is 554. The third kappa shape index (κ3) is 3.02. The van der Waals surface area contributed by atoms with E-state index in [0.717, 1.165) is 12.1 Å². The Morgan fingerprint density at radius 3 is 2.05 bits per heavy atom. The van der Waals surface area contributed by atoms with E-state index in [0.29, 0.717) is 6.04 Å². The first-order chi connectivity index (χ1) is 10.3. The second-order valence-corrected chi connectivity index (χ2v) is 5.94. The zero-order valence-electron chi connectivity index (χ0n) is 12.5. The molecule has 1 aliphatic rings. The van der Waals surface area contributed by atoms with Gasteiger partial charge in [0.25, 0.3) is 0 Å². The molecular weight excluding hydrogens is 258 g/mol. The van der Waals surface area contributed by atoms with Crippen molar-refractivity contribution in [2.75, 3.05) is 6.54 Å². The average Bonchev–Trinajstić information content (AvgIpc) is 2.95. The van der Waals surface area contributed by atoms with Crippen molar-refractivity contribution in [1.82, 2.24) is 4.90 Å². The Hall–Kier alpha value is -1.64. The Kier molecular flexibility index (Phi) is 4.37. The molecule has 0 spiro atoms. The van der Waals surface area contributed by atoms with Crippen molar-refractivity contribution >= 4 is 0 Å². The highest BCUT2D eigenvalue weighted by atomic mass is 16.3. The molecule has 0 aromatic heterocycles. The van der Waals surface area contributed by atoms with Crippen LogP contribution in [0.4, 0.5) is 0 Å². The summed E-state index contributed by atoms with van der Waals surface area (Å²) in [6.07, 6.45) is 1.94. The zero-order chi connectivity index (χ0) is 14.7. The van der Waals surface area contributed by atoms with Crippen LogP contribution in [0.1, 0.15) is 43.0 Å². The van der Waals surface area contributed by atoms with E-state index >= 15 is 0 Å². The van der Waals surface area contributed by atoms with Gasteiger partial charge in [-0.15, -0.1) is 0 Å². The van der Waals surface area contributed by atoms with Crippen molar-refractivity contribution in [3.05, 3.63) is 71.8 Å². The normalized spacial score (nSPS) is 22.1. The van der Waals surface area contributed by atoms with Gasteiger partial charge >= 0.3 is 0 Å². The minimum absolute atomic E-state index is 0.0334. The standard InChI is InChI=1S/C19H23NO/c1-15-9-8-14-20(15)18(16-10-4-2-5-11-16)19(21)17-12-6-3-7-13-17/h2-7,10-13,15,18-19,21H,8-9,14H2,1H3. The lowest BCUT2D eigenvalue weighted by Gasteiger charge is -2.35. The van der Waals surface area contributed by atoms with Gasteiger partial charge < -0.3 is 5.11 Å². The number of hydrogen-bond donors (Lipinski definition) is 1. The van der Waals surface area contributed by atoms with E-state index in [4.69, 9.17) is 0 Å². The van der Waals surface area contributed by atoms with Crippen molar-refractivity contribution in [2.24, 2.45) is 0 Å². The molecule has 0 radical (unpaired) electrons. The second kappa shape index (κ2) is 6.42. The maximum Gasteiger partial charge on any atom is 0.0986 e. The minimum atomic E-state index is -0.492. The fourth-order valence-corrected chi connectivity index (χ4v) is 3.41. The molecule has 2 aromatic carbocycles. The Morgan fingerprint density at radius 2 is 1.52 bits per heavy atom. The summed E-state index contributed by atoms with van der Waals surface area (Å²) in [5.74, 6) is 0. The summed E-state index contributed by atoms with van der Waals surface area (Å²) >= 11 is 0. The summed E-state index contributed by atoms with van der Waals surface area (Å²) in [5.41, 5.74) is 2.19. The lowest BCUT2D eigenvalue weighted by molar-refractivity contribution is 0.0432. The molecule has 2 heteroatoms. The molecule has 0 saturated carbocycles. The number of likely N-dealkylation sites (tertiary alicyclic amines) is 1. The molecule has 1 saturated heterocycles. The number of aliphatic hydroxyl groups excluding tert-OH is 1. The Morgan fingerprint density at radius 1 is 0.952 bits per heavy atom. The van der Waals surface area contributed by atoms with Gasteiger partial charge in [0.1, 0.15) is 0 Å². The SMILES string of the molecule is CC1CCCN1C(c1ccccc1)C(O)c1ccccc1. The third-order valence-electron chi connectivity index (χ3n) is 4.54. The molecular formula is C19H23NO. The lowest BCUT2D eigenvalue weighted by atomic mass is 9.94. The van der Waals surface area contributed by atoms with Crippen molar-refractivity contribution < 1.29 is 5.11 Å². The summed E-state index contributed by atoms with van der Waals surface area (Å²) in [4.78, 5) is 2.45. The van der Waals surface area contributed by atoms with Crippen LogP contribution in [0, 0.1) is 0 Å². The Balaban J connectivity index is 1.96. The maximum atomic E-state index is 11.0. The van der Waals surface area contributed by atoms with Gasteiger partial charge in [0, 0.05) is 6.04 Å². The van der Waals surface area contributed by atoms with Crippen LogP contribution in [0.15, 0.2) is 60.7 Å². The second-order valence-electron chi connectivity index (χ2n) is 5.94. The highest BCUT2D eigenvalue weighted by molar-refractivity contribution is 5.26. The minimum Gasteiger partial charge on any atom is -0.386 e. The van der Waals surface area contributed by atoms with Gasteiger partial charge in [-0.05, 0) is 37.4 Å². The van der Waals surface area contributed by atoms with Gasteiger partial charge in [0.15, 0.2) is 0 Å².